The summed E-state index contributed by atoms with van der Waals surface area (Å²) < 4.78 is 11.9. The Labute approximate surface area is 369 Å². The number of hydrogen-bond donors (Lipinski definition) is 2. The Balaban J connectivity index is 1.21. The second-order valence-corrected chi connectivity index (χ2v) is 17.2. The number of thiocarbonyl (C=S) groups is 2. The van der Waals surface area contributed by atoms with Crippen LogP contribution in [0.4, 0.5) is 5.69 Å². The highest BCUT2D eigenvalue weighted by Gasteiger charge is 2.21. The van der Waals surface area contributed by atoms with Gasteiger partial charge in [-0.1, -0.05) is 168 Å². The molecule has 0 aliphatic carbocycles. The SMILES string of the molecule is CCc1cc(Cc2cc(C)c(C(C)(C)C)c(CC)c2)cc(C)c1NC(=S)OCc1ccc(/C(=C(/c2ccccc2)c2ccc(COC(=S)NC)cc2)c2ccccc2)cc1. The minimum Gasteiger partial charge on any atom is -0.466 e. The van der Waals surface area contributed by atoms with E-state index in [1.807, 2.05) is 0 Å². The van der Waals surface area contributed by atoms with Crippen LogP contribution in [-0.2, 0) is 47.4 Å². The van der Waals surface area contributed by atoms with Gasteiger partial charge in [0.25, 0.3) is 10.3 Å². The molecule has 0 atom stereocenters. The zero-order valence-corrected chi connectivity index (χ0v) is 38.0. The molecule has 0 saturated carbocycles. The first-order chi connectivity index (χ1) is 28.9. The number of aryl methyl sites for hydroxylation is 4. The molecule has 0 bridgehead atoms. The zero-order valence-electron chi connectivity index (χ0n) is 36.4. The van der Waals surface area contributed by atoms with Crippen molar-refractivity contribution >= 4 is 51.6 Å². The lowest BCUT2D eigenvalue weighted by molar-refractivity contribution is 0.289. The van der Waals surface area contributed by atoms with Gasteiger partial charge < -0.3 is 20.1 Å². The van der Waals surface area contributed by atoms with Crippen LogP contribution in [0.5, 0.6) is 0 Å². The lowest BCUT2D eigenvalue weighted by atomic mass is 9.79. The maximum Gasteiger partial charge on any atom is 0.261 e. The molecule has 6 heteroatoms. The summed E-state index contributed by atoms with van der Waals surface area (Å²) in [6.07, 6.45) is 2.81. The standard InChI is InChI=1S/C54H58N2O2S2/c1-9-42-32-40(29-36(3)50(42)54(5,6)7)31-41-30-37(4)51(43(10-2)33-41)56-53(60)58-35-39-23-27-47(28-24-39)49(45-19-15-12-16-20-45)48(44-17-13-11-14-18-44)46-25-21-38(22-26-46)34-57-52(59)55-8/h11-30,32-33H,9-10,31,34-35H2,1-8H3,(H,55,59)(H,56,60)/b49-48-. The molecule has 0 aliphatic rings. The van der Waals surface area contributed by atoms with E-state index in [1.54, 1.807) is 7.05 Å². The summed E-state index contributed by atoms with van der Waals surface area (Å²) in [6.45, 7) is 16.6. The molecule has 60 heavy (non-hydrogen) atoms. The first-order valence-electron chi connectivity index (χ1n) is 21.0. The summed E-state index contributed by atoms with van der Waals surface area (Å²) in [5.41, 5.74) is 19.3. The predicted octanol–water partition coefficient (Wildman–Crippen LogP) is 13.3. The molecule has 0 heterocycles. The second-order valence-electron chi connectivity index (χ2n) is 16.4. The molecule has 0 amide bonds. The predicted molar refractivity (Wildman–Crippen MR) is 261 cm³/mol. The maximum absolute atomic E-state index is 6.20. The highest BCUT2D eigenvalue weighted by molar-refractivity contribution is 7.80. The summed E-state index contributed by atoms with van der Waals surface area (Å²) in [7, 11) is 1.76. The van der Waals surface area contributed by atoms with Crippen LogP contribution in [0.15, 0.2) is 133 Å². The summed E-state index contributed by atoms with van der Waals surface area (Å²) in [6, 6.07) is 47.7. The quantitative estimate of drug-likeness (QED) is 0.0893. The minimum atomic E-state index is 0.125. The fraction of sp³-hybridized carbons (Fsp3) is 0.259. The normalized spacial score (nSPS) is 11.7. The van der Waals surface area contributed by atoms with E-state index in [9.17, 15) is 0 Å². The van der Waals surface area contributed by atoms with E-state index in [0.29, 0.717) is 23.6 Å². The van der Waals surface area contributed by atoms with Crippen LogP contribution in [0, 0.1) is 13.8 Å². The van der Waals surface area contributed by atoms with Crippen molar-refractivity contribution in [3.63, 3.8) is 0 Å². The molecule has 0 radical (unpaired) electrons. The fourth-order valence-electron chi connectivity index (χ4n) is 8.30. The number of hydrogen-bond acceptors (Lipinski definition) is 4. The van der Waals surface area contributed by atoms with Crippen LogP contribution in [0.2, 0.25) is 0 Å². The van der Waals surface area contributed by atoms with Gasteiger partial charge in [-0.2, -0.15) is 0 Å². The van der Waals surface area contributed by atoms with Gasteiger partial charge in [0.2, 0.25) is 0 Å². The third kappa shape index (κ3) is 11.0. The number of anilines is 1. The molecule has 308 valence electrons. The van der Waals surface area contributed by atoms with Gasteiger partial charge >= 0.3 is 0 Å². The van der Waals surface area contributed by atoms with Gasteiger partial charge in [-0.05, 0) is 146 Å². The number of nitrogens with one attached hydrogen (secondary N) is 2. The van der Waals surface area contributed by atoms with E-state index in [2.05, 4.69) is 193 Å². The van der Waals surface area contributed by atoms with Crippen molar-refractivity contribution in [3.05, 3.63) is 206 Å². The van der Waals surface area contributed by atoms with E-state index >= 15 is 0 Å². The Morgan fingerprint density at radius 2 is 0.967 bits per heavy atom. The van der Waals surface area contributed by atoms with Crippen LogP contribution in [0.25, 0.3) is 11.1 Å². The van der Waals surface area contributed by atoms with E-state index in [0.717, 1.165) is 75.0 Å². The molecule has 0 spiro atoms. The number of rotatable bonds is 13. The van der Waals surface area contributed by atoms with Crippen LogP contribution >= 0.6 is 24.4 Å². The molecule has 4 nitrogen and oxygen atoms in total. The fourth-order valence-corrected chi connectivity index (χ4v) is 8.52. The summed E-state index contributed by atoms with van der Waals surface area (Å²) in [5, 5.41) is 7.06. The number of benzene rings is 6. The molecule has 0 aromatic heterocycles. The van der Waals surface area contributed by atoms with Crippen LogP contribution in [-0.4, -0.2) is 17.4 Å². The largest absolute Gasteiger partial charge is 0.466 e. The average Bonchev–Trinajstić information content (AvgIpc) is 3.25. The van der Waals surface area contributed by atoms with Crippen molar-refractivity contribution < 1.29 is 9.47 Å². The van der Waals surface area contributed by atoms with Crippen molar-refractivity contribution in [2.24, 2.45) is 0 Å². The molecule has 2 N–H and O–H groups in total. The molecule has 6 aromatic rings. The molecule has 0 aliphatic heterocycles. The van der Waals surface area contributed by atoms with Crippen molar-refractivity contribution in [3.8, 4) is 0 Å². The smallest absolute Gasteiger partial charge is 0.261 e. The Morgan fingerprint density at radius 1 is 0.533 bits per heavy atom. The molecular weight excluding hydrogens is 773 g/mol. The first-order valence-corrected chi connectivity index (χ1v) is 21.8. The van der Waals surface area contributed by atoms with Crippen molar-refractivity contribution in [1.82, 2.24) is 5.32 Å². The van der Waals surface area contributed by atoms with Gasteiger partial charge in [0.15, 0.2) is 0 Å². The van der Waals surface area contributed by atoms with Crippen molar-refractivity contribution in [1.29, 1.82) is 0 Å². The highest BCUT2D eigenvalue weighted by Crippen LogP contribution is 2.37. The average molecular weight is 831 g/mol. The van der Waals surface area contributed by atoms with E-state index < -0.39 is 0 Å². The number of ether oxygens (including phenoxy) is 2. The van der Waals surface area contributed by atoms with Gasteiger partial charge in [-0.15, -0.1) is 0 Å². The van der Waals surface area contributed by atoms with Crippen LogP contribution in [0.1, 0.15) is 107 Å². The third-order valence-corrected chi connectivity index (χ3v) is 11.4. The van der Waals surface area contributed by atoms with Crippen LogP contribution in [0.3, 0.4) is 0 Å². The van der Waals surface area contributed by atoms with E-state index in [4.69, 9.17) is 33.9 Å². The highest BCUT2D eigenvalue weighted by atomic mass is 32.1. The van der Waals surface area contributed by atoms with Crippen molar-refractivity contribution in [2.45, 2.75) is 86.4 Å². The molecular formula is C54H58N2O2S2. The van der Waals surface area contributed by atoms with Gasteiger partial charge in [-0.25, -0.2) is 0 Å². The molecule has 0 unspecified atom stereocenters. The molecule has 0 saturated heterocycles. The topological polar surface area (TPSA) is 42.5 Å². The lowest BCUT2D eigenvalue weighted by Gasteiger charge is -2.26. The van der Waals surface area contributed by atoms with Crippen molar-refractivity contribution in [2.75, 3.05) is 12.4 Å². The Kier molecular flexibility index (Phi) is 14.8. The monoisotopic (exact) mass is 830 g/mol. The molecule has 0 fully saturated rings. The van der Waals surface area contributed by atoms with E-state index in [-0.39, 0.29) is 5.41 Å². The zero-order chi connectivity index (χ0) is 42.8. The minimum absolute atomic E-state index is 0.125. The van der Waals surface area contributed by atoms with Gasteiger partial charge in [0, 0.05) is 12.7 Å². The van der Waals surface area contributed by atoms with Crippen LogP contribution < -0.4 is 10.6 Å². The second kappa shape index (κ2) is 20.1. The van der Waals surface area contributed by atoms with Gasteiger partial charge in [0.05, 0.1) is 0 Å². The third-order valence-electron chi connectivity index (χ3n) is 10.9. The summed E-state index contributed by atoms with van der Waals surface area (Å²) >= 11 is 11.0. The summed E-state index contributed by atoms with van der Waals surface area (Å²) in [5.74, 6) is 0. The molecule has 6 rings (SSSR count). The summed E-state index contributed by atoms with van der Waals surface area (Å²) in [4.78, 5) is 0. The first kappa shape index (κ1) is 44.0. The lowest BCUT2D eigenvalue weighted by Crippen LogP contribution is -2.18. The Hall–Kier alpha value is -5.56. The van der Waals surface area contributed by atoms with Gasteiger partial charge in [-0.3, -0.25) is 0 Å². The molecule has 6 aromatic carbocycles. The Morgan fingerprint density at radius 3 is 1.42 bits per heavy atom. The Bertz CT molecular complexity index is 2450. The van der Waals surface area contributed by atoms with Gasteiger partial charge in [0.1, 0.15) is 13.2 Å². The van der Waals surface area contributed by atoms with E-state index in [1.165, 1.54) is 33.4 Å². The maximum atomic E-state index is 6.20.